The summed E-state index contributed by atoms with van der Waals surface area (Å²) >= 11 is 13.2. The molecule has 1 fully saturated rings. The van der Waals surface area contributed by atoms with Crippen molar-refractivity contribution in [1.29, 1.82) is 0 Å². The highest BCUT2D eigenvalue weighted by atomic mass is 35.5. The summed E-state index contributed by atoms with van der Waals surface area (Å²) in [7, 11) is 1.49. The summed E-state index contributed by atoms with van der Waals surface area (Å²) in [6.45, 7) is 0. The maximum Gasteiger partial charge on any atom is 0.301 e. The van der Waals surface area contributed by atoms with Gasteiger partial charge in [-0.3, -0.25) is 14.5 Å². The first-order chi connectivity index (χ1) is 16.8. The molecule has 0 bridgehead atoms. The van der Waals surface area contributed by atoms with E-state index >= 15 is 0 Å². The molecule has 1 unspecified atom stereocenters. The number of nitrogens with zero attached hydrogens (tertiary/aromatic N) is 2. The number of aliphatic hydroxyl groups excluding tert-OH is 1. The number of carbonyl (C=O) groups excluding carboxylic acids is 2. The van der Waals surface area contributed by atoms with Crippen LogP contribution in [0.15, 0.2) is 66.2 Å². The minimum atomic E-state index is -1.02. The number of amides is 1. The van der Waals surface area contributed by atoms with Gasteiger partial charge in [-0.05, 0) is 54.1 Å². The lowest BCUT2D eigenvalue weighted by Crippen LogP contribution is -2.29. The van der Waals surface area contributed by atoms with Gasteiger partial charge in [-0.2, -0.15) is 0 Å². The first-order valence-electron chi connectivity index (χ1n) is 10.2. The summed E-state index contributed by atoms with van der Waals surface area (Å²) in [6.07, 6.45) is 0. The zero-order valence-electron chi connectivity index (χ0n) is 18.0. The topological polar surface area (TPSA) is 79.7 Å². The molecule has 6 nitrogen and oxygen atoms in total. The van der Waals surface area contributed by atoms with Crippen LogP contribution in [0.1, 0.15) is 17.2 Å². The van der Waals surface area contributed by atoms with Crippen molar-refractivity contribution in [2.45, 2.75) is 6.04 Å². The summed E-state index contributed by atoms with van der Waals surface area (Å²) in [5, 5.41) is 11.8. The lowest BCUT2D eigenvalue weighted by atomic mass is 9.95. The summed E-state index contributed by atoms with van der Waals surface area (Å²) in [5.41, 5.74) is 1.06. The minimum absolute atomic E-state index is 0.146. The number of carbonyl (C=O) groups is 2. The molecule has 1 amide bonds. The van der Waals surface area contributed by atoms with E-state index in [9.17, 15) is 19.1 Å². The molecule has 1 aliphatic rings. The molecule has 10 heteroatoms. The van der Waals surface area contributed by atoms with Gasteiger partial charge in [-0.1, -0.05) is 46.7 Å². The Morgan fingerprint density at radius 3 is 2.63 bits per heavy atom. The maximum atomic E-state index is 13.8. The molecule has 1 N–H and O–H groups in total. The predicted molar refractivity (Wildman–Crippen MR) is 134 cm³/mol. The molecule has 176 valence electrons. The standard InChI is InChI=1S/C25H15Cl2FN2O4S/c1-34-15-4-2-3-12(9-15)21-20(22(31)13-5-7-16(26)17(27)10-13)23(32)24(33)30(21)25-29-18-8-6-14(28)11-19(18)35-25/h2-11,21,31H,1H3/b22-20+. The van der Waals surface area contributed by atoms with Gasteiger partial charge in [0.05, 0.1) is 39.0 Å². The number of hydrogen-bond acceptors (Lipinski definition) is 6. The Morgan fingerprint density at radius 2 is 1.89 bits per heavy atom. The first kappa shape index (κ1) is 23.3. The van der Waals surface area contributed by atoms with Gasteiger partial charge in [0, 0.05) is 5.56 Å². The molecule has 3 aromatic carbocycles. The highest BCUT2D eigenvalue weighted by molar-refractivity contribution is 7.22. The van der Waals surface area contributed by atoms with Gasteiger partial charge in [0.15, 0.2) is 5.13 Å². The van der Waals surface area contributed by atoms with E-state index in [0.29, 0.717) is 21.5 Å². The third-order valence-corrected chi connectivity index (χ3v) is 7.35. The molecular weight excluding hydrogens is 514 g/mol. The zero-order valence-corrected chi connectivity index (χ0v) is 20.3. The number of thiazole rings is 1. The van der Waals surface area contributed by atoms with Crippen molar-refractivity contribution in [1.82, 2.24) is 4.98 Å². The number of rotatable bonds is 4. The fourth-order valence-corrected chi connectivity index (χ4v) is 5.26. The lowest BCUT2D eigenvalue weighted by Gasteiger charge is -2.23. The van der Waals surface area contributed by atoms with Crippen molar-refractivity contribution in [3.05, 3.63) is 93.2 Å². The number of anilines is 1. The van der Waals surface area contributed by atoms with E-state index in [0.717, 1.165) is 11.3 Å². The Balaban J connectivity index is 1.75. The van der Waals surface area contributed by atoms with Gasteiger partial charge < -0.3 is 9.84 Å². The number of ether oxygens (including phenoxy) is 1. The number of aliphatic hydroxyl groups is 1. The molecule has 1 aliphatic heterocycles. The monoisotopic (exact) mass is 528 g/mol. The summed E-state index contributed by atoms with van der Waals surface area (Å²) in [4.78, 5) is 32.3. The van der Waals surface area contributed by atoms with Gasteiger partial charge >= 0.3 is 5.91 Å². The van der Waals surface area contributed by atoms with Crippen LogP contribution in [0.5, 0.6) is 5.75 Å². The zero-order chi connectivity index (χ0) is 24.9. The first-order valence-corrected chi connectivity index (χ1v) is 11.8. The van der Waals surface area contributed by atoms with Crippen molar-refractivity contribution >= 4 is 67.3 Å². The molecule has 0 radical (unpaired) electrons. The van der Waals surface area contributed by atoms with Crippen LogP contribution < -0.4 is 9.64 Å². The Kier molecular flexibility index (Phi) is 5.96. The fourth-order valence-electron chi connectivity index (χ4n) is 3.95. The molecule has 4 aromatic rings. The van der Waals surface area contributed by atoms with Crippen molar-refractivity contribution in [2.75, 3.05) is 12.0 Å². The number of halogens is 3. The molecule has 1 saturated heterocycles. The average molecular weight is 529 g/mol. The van der Waals surface area contributed by atoms with Crippen LogP contribution in [-0.4, -0.2) is 28.9 Å². The molecule has 35 heavy (non-hydrogen) atoms. The van der Waals surface area contributed by atoms with E-state index in [1.165, 1.54) is 48.4 Å². The molecule has 0 spiro atoms. The number of Topliss-reactive ketones (excluding diaryl/α,β-unsaturated/α-hetero) is 1. The Hall–Kier alpha value is -3.46. The molecule has 5 rings (SSSR count). The second kappa shape index (κ2) is 8.96. The van der Waals surface area contributed by atoms with Crippen LogP contribution in [0.25, 0.3) is 16.0 Å². The third kappa shape index (κ3) is 4.03. The third-order valence-electron chi connectivity index (χ3n) is 5.59. The van der Waals surface area contributed by atoms with Gasteiger partial charge in [-0.15, -0.1) is 0 Å². The second-order valence-corrected chi connectivity index (χ2v) is 9.51. The second-order valence-electron chi connectivity index (χ2n) is 7.68. The van der Waals surface area contributed by atoms with Gasteiger partial charge in [0.1, 0.15) is 17.3 Å². The number of ketones is 1. The minimum Gasteiger partial charge on any atom is -0.507 e. The molecule has 0 aliphatic carbocycles. The molecular formula is C25H15Cl2FN2O4S. The Morgan fingerprint density at radius 1 is 1.09 bits per heavy atom. The maximum absolute atomic E-state index is 13.8. The van der Waals surface area contributed by atoms with Gasteiger partial charge in [0.2, 0.25) is 0 Å². The number of hydrogen-bond donors (Lipinski definition) is 1. The van der Waals surface area contributed by atoms with Gasteiger partial charge in [-0.25, -0.2) is 9.37 Å². The molecule has 2 heterocycles. The van der Waals surface area contributed by atoms with Crippen molar-refractivity contribution in [3.63, 3.8) is 0 Å². The van der Waals surface area contributed by atoms with Crippen LogP contribution in [0.2, 0.25) is 10.0 Å². The summed E-state index contributed by atoms with van der Waals surface area (Å²) in [5.74, 6) is -2.14. The van der Waals surface area contributed by atoms with Crippen molar-refractivity contribution in [2.24, 2.45) is 0 Å². The molecule has 1 atom stereocenters. The van der Waals surface area contributed by atoms with E-state index in [2.05, 4.69) is 4.98 Å². The highest BCUT2D eigenvalue weighted by Crippen LogP contribution is 2.45. The van der Waals surface area contributed by atoms with Crippen LogP contribution >= 0.6 is 34.5 Å². The summed E-state index contributed by atoms with van der Waals surface area (Å²) in [6, 6.07) is 14.2. The SMILES string of the molecule is COc1cccc(C2/C(=C(\O)c3ccc(Cl)c(Cl)c3)C(=O)C(=O)N2c2nc3ccc(F)cc3s2)c1. The number of aromatic nitrogens is 1. The van der Waals surface area contributed by atoms with E-state index in [-0.39, 0.29) is 26.3 Å². The average Bonchev–Trinajstić information content (AvgIpc) is 3.38. The summed E-state index contributed by atoms with van der Waals surface area (Å²) < 4.78 is 19.6. The van der Waals surface area contributed by atoms with E-state index in [4.69, 9.17) is 27.9 Å². The normalized spacial score (nSPS) is 17.4. The van der Waals surface area contributed by atoms with Crippen molar-refractivity contribution in [3.8, 4) is 5.75 Å². The van der Waals surface area contributed by atoms with Crippen LogP contribution in [0.4, 0.5) is 9.52 Å². The van der Waals surface area contributed by atoms with E-state index in [1.54, 1.807) is 24.3 Å². The quantitative estimate of drug-likeness (QED) is 0.189. The van der Waals surface area contributed by atoms with Crippen LogP contribution in [-0.2, 0) is 9.59 Å². The smallest absolute Gasteiger partial charge is 0.301 e. The lowest BCUT2D eigenvalue weighted by molar-refractivity contribution is -0.132. The van der Waals surface area contributed by atoms with Gasteiger partial charge in [0.25, 0.3) is 5.78 Å². The fraction of sp³-hybridized carbons (Fsp3) is 0.0800. The Bertz CT molecular complexity index is 1550. The van der Waals surface area contributed by atoms with Crippen LogP contribution in [0, 0.1) is 5.82 Å². The number of benzene rings is 3. The largest absolute Gasteiger partial charge is 0.507 e. The number of fused-ring (bicyclic) bond motifs is 1. The van der Waals surface area contributed by atoms with Crippen LogP contribution in [0.3, 0.4) is 0 Å². The van der Waals surface area contributed by atoms with E-state index < -0.39 is 29.3 Å². The van der Waals surface area contributed by atoms with Crippen molar-refractivity contribution < 1.29 is 23.8 Å². The highest BCUT2D eigenvalue weighted by Gasteiger charge is 2.48. The number of methoxy groups -OCH3 is 1. The molecule has 0 saturated carbocycles. The molecule has 1 aromatic heterocycles. The Labute approximate surface area is 212 Å². The predicted octanol–water partition coefficient (Wildman–Crippen LogP) is 6.38. The van der Waals surface area contributed by atoms with E-state index in [1.807, 2.05) is 0 Å².